The molecule has 2 heterocycles. The number of aryl methyl sites for hydroxylation is 1. The minimum absolute atomic E-state index is 0.0262. The summed E-state index contributed by atoms with van der Waals surface area (Å²) in [7, 11) is 2.82. The number of aromatic amines is 1. The van der Waals surface area contributed by atoms with E-state index in [0.717, 1.165) is 5.06 Å². The normalized spacial score (nSPS) is 11.2. The smallest absolute Gasteiger partial charge is 0.278 e. The molecule has 8 heteroatoms. The maximum Gasteiger partial charge on any atom is 0.329 e. The average Bonchev–Trinajstić information content (AvgIpc) is 2.55. The molecule has 2 aromatic heterocycles. The number of amides is 1. The maximum absolute atomic E-state index is 12.6. The van der Waals surface area contributed by atoms with Crippen LogP contribution in [-0.4, -0.2) is 39.7 Å². The molecule has 0 aliphatic carbocycles. The second kappa shape index (κ2) is 6.96. The third-order valence-corrected chi connectivity index (χ3v) is 3.80. The maximum atomic E-state index is 12.6. The van der Waals surface area contributed by atoms with Gasteiger partial charge < -0.3 is 0 Å². The number of fused-ring (bicyclic) bond motifs is 1. The van der Waals surface area contributed by atoms with E-state index in [1.165, 1.54) is 18.7 Å². The molecular formula is C16H22N4O4. The fraction of sp³-hybridized carbons (Fsp3) is 0.500. The molecular weight excluding hydrogens is 312 g/mol. The molecule has 0 unspecified atom stereocenters. The minimum atomic E-state index is -0.627. The van der Waals surface area contributed by atoms with Gasteiger partial charge in [0.2, 0.25) is 0 Å². The van der Waals surface area contributed by atoms with E-state index < -0.39 is 17.2 Å². The number of hydrogen-bond acceptors (Lipinski definition) is 5. The summed E-state index contributed by atoms with van der Waals surface area (Å²) < 4.78 is 1.40. The Kier molecular flexibility index (Phi) is 5.18. The lowest BCUT2D eigenvalue weighted by atomic mass is 10.0. The molecule has 0 radical (unpaired) electrons. The summed E-state index contributed by atoms with van der Waals surface area (Å²) in [5.74, 6) is -0.447. The van der Waals surface area contributed by atoms with Crippen LogP contribution >= 0.6 is 0 Å². The molecule has 1 N–H and O–H groups in total. The van der Waals surface area contributed by atoms with Crippen LogP contribution in [0, 0.1) is 0 Å². The molecule has 8 nitrogen and oxygen atoms in total. The summed E-state index contributed by atoms with van der Waals surface area (Å²) in [5.41, 5.74) is -0.131. The Labute approximate surface area is 139 Å². The third kappa shape index (κ3) is 3.09. The first kappa shape index (κ1) is 17.9. The molecule has 2 rings (SSSR count). The molecule has 0 spiro atoms. The lowest BCUT2D eigenvalue weighted by Gasteiger charge is -2.17. The zero-order chi connectivity index (χ0) is 18.0. The molecule has 24 heavy (non-hydrogen) atoms. The van der Waals surface area contributed by atoms with Crippen molar-refractivity contribution in [2.24, 2.45) is 0 Å². The Morgan fingerprint density at radius 2 is 2.08 bits per heavy atom. The molecule has 2 aromatic rings. The fourth-order valence-corrected chi connectivity index (χ4v) is 2.44. The van der Waals surface area contributed by atoms with Gasteiger partial charge >= 0.3 is 5.69 Å². The summed E-state index contributed by atoms with van der Waals surface area (Å²) in [6.45, 7) is 6.17. The zero-order valence-corrected chi connectivity index (χ0v) is 14.5. The molecule has 0 aromatic carbocycles. The number of rotatable bonds is 5. The van der Waals surface area contributed by atoms with Crippen molar-refractivity contribution < 1.29 is 9.63 Å². The van der Waals surface area contributed by atoms with Gasteiger partial charge in [0.05, 0.1) is 18.1 Å². The molecule has 0 atom stereocenters. The van der Waals surface area contributed by atoms with Crippen molar-refractivity contribution in [1.29, 1.82) is 0 Å². The average molecular weight is 334 g/mol. The summed E-state index contributed by atoms with van der Waals surface area (Å²) >= 11 is 0. The van der Waals surface area contributed by atoms with Crippen LogP contribution in [-0.2, 0) is 11.4 Å². The Hall–Kier alpha value is -2.48. The number of hydrogen-bond donors (Lipinski definition) is 1. The Bertz CT molecular complexity index is 882. The first-order valence-corrected chi connectivity index (χ1v) is 7.81. The lowest BCUT2D eigenvalue weighted by molar-refractivity contribution is -0.0755. The largest absolute Gasteiger partial charge is 0.329 e. The van der Waals surface area contributed by atoms with Gasteiger partial charge in [-0.25, -0.2) is 14.8 Å². The van der Waals surface area contributed by atoms with Crippen molar-refractivity contribution in [1.82, 2.24) is 19.6 Å². The van der Waals surface area contributed by atoms with E-state index in [9.17, 15) is 14.4 Å². The molecule has 0 aliphatic rings. The highest BCUT2D eigenvalue weighted by molar-refractivity contribution is 6.04. The van der Waals surface area contributed by atoms with Crippen molar-refractivity contribution in [2.75, 3.05) is 14.2 Å². The second-order valence-electron chi connectivity index (χ2n) is 5.84. The van der Waals surface area contributed by atoms with Crippen molar-refractivity contribution in [3.05, 3.63) is 38.2 Å². The highest BCUT2D eigenvalue weighted by Gasteiger charge is 2.22. The number of nitrogens with zero attached hydrogens (tertiary/aromatic N) is 3. The number of aromatic nitrogens is 3. The lowest BCUT2D eigenvalue weighted by Crippen LogP contribution is -2.34. The number of carbonyl (C=O) groups is 1. The quantitative estimate of drug-likeness (QED) is 0.830. The number of hydroxylamine groups is 2. The summed E-state index contributed by atoms with van der Waals surface area (Å²) in [6.07, 6.45) is 0.690. The van der Waals surface area contributed by atoms with E-state index in [4.69, 9.17) is 4.84 Å². The van der Waals surface area contributed by atoms with Gasteiger partial charge in [-0.15, -0.1) is 0 Å². The monoisotopic (exact) mass is 334 g/mol. The van der Waals surface area contributed by atoms with Crippen LogP contribution in [0.5, 0.6) is 0 Å². The number of pyridine rings is 1. The number of H-pyrrole nitrogens is 1. The van der Waals surface area contributed by atoms with Crippen LogP contribution in [0.4, 0.5) is 0 Å². The van der Waals surface area contributed by atoms with Gasteiger partial charge in [-0.3, -0.25) is 24.0 Å². The standard InChI is InChI=1S/C16H22N4O4/c1-6-7-20-13-12(14(21)18-16(20)23)10(15(22)19(4)24-5)8-11(17-13)9(2)3/h8-9H,6-7H2,1-5H3,(H,18,21,23). The van der Waals surface area contributed by atoms with Crippen molar-refractivity contribution in [3.8, 4) is 0 Å². The van der Waals surface area contributed by atoms with Gasteiger partial charge in [0.15, 0.2) is 5.65 Å². The fourth-order valence-electron chi connectivity index (χ4n) is 2.44. The van der Waals surface area contributed by atoms with Crippen molar-refractivity contribution >= 4 is 16.9 Å². The van der Waals surface area contributed by atoms with Gasteiger partial charge in [-0.2, -0.15) is 0 Å². The molecule has 0 saturated heterocycles. The summed E-state index contributed by atoms with van der Waals surface area (Å²) in [6, 6.07) is 1.58. The first-order chi connectivity index (χ1) is 11.3. The molecule has 0 aliphatic heterocycles. The van der Waals surface area contributed by atoms with E-state index >= 15 is 0 Å². The van der Waals surface area contributed by atoms with E-state index in [2.05, 4.69) is 9.97 Å². The van der Waals surface area contributed by atoms with Gasteiger partial charge in [0.25, 0.3) is 11.5 Å². The highest BCUT2D eigenvalue weighted by atomic mass is 16.7. The molecule has 1 amide bonds. The van der Waals surface area contributed by atoms with Crippen LogP contribution in [0.15, 0.2) is 15.7 Å². The topological polar surface area (TPSA) is 97.3 Å². The van der Waals surface area contributed by atoms with Gasteiger partial charge in [0.1, 0.15) is 0 Å². The van der Waals surface area contributed by atoms with Crippen LogP contribution < -0.4 is 11.2 Å². The van der Waals surface area contributed by atoms with Crippen LogP contribution in [0.3, 0.4) is 0 Å². The Balaban J connectivity index is 2.96. The van der Waals surface area contributed by atoms with Crippen LogP contribution in [0.25, 0.3) is 11.0 Å². The van der Waals surface area contributed by atoms with Crippen LogP contribution in [0.1, 0.15) is 49.2 Å². The van der Waals surface area contributed by atoms with Gasteiger partial charge in [-0.1, -0.05) is 20.8 Å². The predicted molar refractivity (Wildman–Crippen MR) is 90.1 cm³/mol. The van der Waals surface area contributed by atoms with E-state index in [-0.39, 0.29) is 22.5 Å². The van der Waals surface area contributed by atoms with Crippen molar-refractivity contribution in [2.45, 2.75) is 39.7 Å². The number of nitrogens with one attached hydrogen (secondary N) is 1. The summed E-state index contributed by atoms with van der Waals surface area (Å²) in [5, 5.41) is 1.13. The van der Waals surface area contributed by atoms with Gasteiger partial charge in [0, 0.05) is 19.3 Å². The Morgan fingerprint density at radius 3 is 2.62 bits per heavy atom. The molecule has 0 saturated carbocycles. The van der Waals surface area contributed by atoms with Gasteiger partial charge in [-0.05, 0) is 18.4 Å². The predicted octanol–water partition coefficient (Wildman–Crippen LogP) is 1.25. The minimum Gasteiger partial charge on any atom is -0.278 e. The SMILES string of the molecule is CCCn1c(=O)[nH]c(=O)c2c(C(=O)N(C)OC)cc(C(C)C)nc21. The van der Waals surface area contributed by atoms with Crippen LogP contribution in [0.2, 0.25) is 0 Å². The first-order valence-electron chi connectivity index (χ1n) is 7.81. The second-order valence-corrected chi connectivity index (χ2v) is 5.84. The third-order valence-electron chi connectivity index (χ3n) is 3.80. The molecule has 0 fully saturated rings. The van der Waals surface area contributed by atoms with E-state index in [1.807, 2.05) is 20.8 Å². The summed E-state index contributed by atoms with van der Waals surface area (Å²) in [4.78, 5) is 48.8. The van der Waals surface area contributed by atoms with Crippen molar-refractivity contribution in [3.63, 3.8) is 0 Å². The Morgan fingerprint density at radius 1 is 1.42 bits per heavy atom. The number of carbonyl (C=O) groups excluding carboxylic acids is 1. The van der Waals surface area contributed by atoms with E-state index in [1.54, 1.807) is 6.07 Å². The molecule has 0 bridgehead atoms. The van der Waals surface area contributed by atoms with E-state index in [0.29, 0.717) is 18.7 Å². The molecule has 130 valence electrons. The highest BCUT2D eigenvalue weighted by Crippen LogP contribution is 2.20. The zero-order valence-electron chi connectivity index (χ0n) is 14.5.